The van der Waals surface area contributed by atoms with E-state index in [0.29, 0.717) is 0 Å². The maximum Gasteiger partial charge on any atom is 2.00 e. The van der Waals surface area contributed by atoms with Crippen LogP contribution in [0, 0.1) is 0 Å². The first-order valence-corrected chi connectivity index (χ1v) is 4.55. The summed E-state index contributed by atoms with van der Waals surface area (Å²) < 4.78 is 0. The third kappa shape index (κ3) is 31.3. The largest absolute Gasteiger partial charge is 2.00 e. The van der Waals surface area contributed by atoms with E-state index < -0.39 is 11.9 Å². The van der Waals surface area contributed by atoms with Crippen LogP contribution in [0.15, 0.2) is 48.6 Å². The summed E-state index contributed by atoms with van der Waals surface area (Å²) >= 11 is 0. The SMILES string of the molecule is CC=CC=CC(=O)[O-].CC=CC=CC(=O)[O-].[Sr+2]. The van der Waals surface area contributed by atoms with Gasteiger partial charge in [-0.1, -0.05) is 36.5 Å². The van der Waals surface area contributed by atoms with Crippen molar-refractivity contribution in [1.29, 1.82) is 0 Å². The fraction of sp³-hybridized carbons (Fsp3) is 0.167. The van der Waals surface area contributed by atoms with Gasteiger partial charge < -0.3 is 19.8 Å². The van der Waals surface area contributed by atoms with Crippen LogP contribution in [-0.4, -0.2) is 57.4 Å². The summed E-state index contributed by atoms with van der Waals surface area (Å²) in [6.07, 6.45) is 11.5. The number of rotatable bonds is 4. The predicted molar refractivity (Wildman–Crippen MR) is 63.7 cm³/mol. The summed E-state index contributed by atoms with van der Waals surface area (Å²) in [7, 11) is 0. The molecule has 0 rings (SSSR count). The van der Waals surface area contributed by atoms with Crippen LogP contribution in [-0.2, 0) is 9.59 Å². The van der Waals surface area contributed by atoms with Crippen LogP contribution in [0.2, 0.25) is 0 Å². The van der Waals surface area contributed by atoms with Gasteiger partial charge in [0.2, 0.25) is 0 Å². The van der Waals surface area contributed by atoms with Crippen LogP contribution in [0.5, 0.6) is 0 Å². The van der Waals surface area contributed by atoms with E-state index in [9.17, 15) is 19.8 Å². The second kappa shape index (κ2) is 17.8. The molecule has 0 N–H and O–H groups in total. The Morgan fingerprint density at radius 3 is 1.24 bits per heavy atom. The molecule has 0 atom stereocenters. The summed E-state index contributed by atoms with van der Waals surface area (Å²) in [4.78, 5) is 19.3. The molecule has 0 aliphatic carbocycles. The Balaban J connectivity index is -0.000000218. The minimum atomic E-state index is -1.16. The van der Waals surface area contributed by atoms with Crippen LogP contribution in [0.1, 0.15) is 13.8 Å². The van der Waals surface area contributed by atoms with Gasteiger partial charge in [0.25, 0.3) is 0 Å². The molecule has 4 nitrogen and oxygen atoms in total. The summed E-state index contributed by atoms with van der Waals surface area (Å²) in [6.45, 7) is 3.61. The van der Waals surface area contributed by atoms with Crippen molar-refractivity contribution in [2.24, 2.45) is 0 Å². The molecule has 0 aliphatic rings. The minimum Gasteiger partial charge on any atom is -0.545 e. The van der Waals surface area contributed by atoms with Gasteiger partial charge in [0.05, 0.1) is 11.9 Å². The fourth-order valence-corrected chi connectivity index (χ4v) is 0.490. The fourth-order valence-electron chi connectivity index (χ4n) is 0.490. The average Bonchev–Trinajstić information content (AvgIpc) is 2.18. The van der Waals surface area contributed by atoms with Crippen LogP contribution >= 0.6 is 0 Å². The standard InChI is InChI=1S/2C6H8O2.Sr/c2*1-2-3-4-5-6(7)8;/h2*2-5H,1H3,(H,7,8);/q;;+2/p-2. The van der Waals surface area contributed by atoms with E-state index in [0.717, 1.165) is 12.2 Å². The van der Waals surface area contributed by atoms with E-state index in [4.69, 9.17) is 0 Å². The van der Waals surface area contributed by atoms with Crippen molar-refractivity contribution in [2.45, 2.75) is 13.8 Å². The molecular formula is C12H14O4Sr. The summed E-state index contributed by atoms with van der Waals surface area (Å²) in [5.74, 6) is -2.33. The third-order valence-corrected chi connectivity index (χ3v) is 1.07. The molecule has 0 aromatic rings. The second-order valence-electron chi connectivity index (χ2n) is 2.41. The van der Waals surface area contributed by atoms with Crippen molar-refractivity contribution >= 4 is 57.4 Å². The van der Waals surface area contributed by atoms with E-state index in [1.54, 1.807) is 38.2 Å². The molecule has 0 spiro atoms. The average molecular weight is 310 g/mol. The zero-order chi connectivity index (χ0) is 12.8. The maximum absolute atomic E-state index is 9.64. The third-order valence-electron chi connectivity index (χ3n) is 1.07. The molecule has 0 radical (unpaired) electrons. The topological polar surface area (TPSA) is 80.3 Å². The van der Waals surface area contributed by atoms with Crippen molar-refractivity contribution in [3.63, 3.8) is 0 Å². The van der Waals surface area contributed by atoms with Crippen LogP contribution in [0.3, 0.4) is 0 Å². The monoisotopic (exact) mass is 310 g/mol. The van der Waals surface area contributed by atoms with Crippen molar-refractivity contribution < 1.29 is 19.8 Å². The Morgan fingerprint density at radius 2 is 1.06 bits per heavy atom. The van der Waals surface area contributed by atoms with E-state index >= 15 is 0 Å². The van der Waals surface area contributed by atoms with E-state index in [-0.39, 0.29) is 45.5 Å². The molecule has 0 unspecified atom stereocenters. The van der Waals surface area contributed by atoms with Gasteiger partial charge in [-0.2, -0.15) is 0 Å². The molecule has 0 saturated heterocycles. The number of carboxylic acids is 2. The number of aliphatic carboxylic acids is 2. The molecule has 17 heavy (non-hydrogen) atoms. The van der Waals surface area contributed by atoms with Gasteiger partial charge in [-0.3, -0.25) is 0 Å². The van der Waals surface area contributed by atoms with Crippen LogP contribution in [0.4, 0.5) is 0 Å². The smallest absolute Gasteiger partial charge is 0.545 e. The Labute approximate surface area is 138 Å². The molecule has 0 saturated carbocycles. The zero-order valence-electron chi connectivity index (χ0n) is 9.96. The Bertz CT molecular complexity index is 282. The van der Waals surface area contributed by atoms with Crippen molar-refractivity contribution in [1.82, 2.24) is 0 Å². The van der Waals surface area contributed by atoms with Crippen LogP contribution < -0.4 is 10.2 Å². The van der Waals surface area contributed by atoms with Gasteiger partial charge in [0, 0.05) is 0 Å². The molecule has 0 aliphatic heterocycles. The van der Waals surface area contributed by atoms with E-state index in [2.05, 4.69) is 0 Å². The quantitative estimate of drug-likeness (QED) is 0.393. The molecule has 0 amide bonds. The first-order valence-electron chi connectivity index (χ1n) is 4.55. The van der Waals surface area contributed by atoms with Gasteiger partial charge in [0.15, 0.2) is 0 Å². The normalized spacial score (nSPS) is 10.5. The maximum atomic E-state index is 9.64. The zero-order valence-corrected chi connectivity index (χ0v) is 13.4. The van der Waals surface area contributed by atoms with Gasteiger partial charge in [0.1, 0.15) is 0 Å². The molecule has 88 valence electrons. The second-order valence-corrected chi connectivity index (χ2v) is 2.41. The molecule has 0 aromatic heterocycles. The number of hydrogen-bond donors (Lipinski definition) is 0. The minimum absolute atomic E-state index is 0. The number of carbonyl (C=O) groups excluding carboxylic acids is 2. The van der Waals surface area contributed by atoms with Crippen molar-refractivity contribution in [3.8, 4) is 0 Å². The first kappa shape index (κ1) is 21.6. The molecule has 0 bridgehead atoms. The van der Waals surface area contributed by atoms with Crippen molar-refractivity contribution in [3.05, 3.63) is 48.6 Å². The summed E-state index contributed by atoms with van der Waals surface area (Å²) in [5.41, 5.74) is 0. The Kier molecular flexibility index (Phi) is 22.6. The molecule has 5 heteroatoms. The molecule has 0 fully saturated rings. The molecule has 0 heterocycles. The Morgan fingerprint density at radius 1 is 0.765 bits per heavy atom. The van der Waals surface area contributed by atoms with Gasteiger partial charge in [-0.25, -0.2) is 0 Å². The Hall–Kier alpha value is -0.619. The number of carboxylic acid groups (broad SMARTS) is 2. The predicted octanol–water partition coefficient (Wildman–Crippen LogP) is -0.644. The number of allylic oxidation sites excluding steroid dienone is 6. The van der Waals surface area contributed by atoms with Gasteiger partial charge in [-0.05, 0) is 26.0 Å². The van der Waals surface area contributed by atoms with Crippen LogP contribution in [0.25, 0.3) is 0 Å². The number of hydrogen-bond acceptors (Lipinski definition) is 4. The van der Waals surface area contributed by atoms with Gasteiger partial charge >= 0.3 is 45.5 Å². The van der Waals surface area contributed by atoms with Crippen molar-refractivity contribution in [2.75, 3.05) is 0 Å². The van der Waals surface area contributed by atoms with Gasteiger partial charge in [-0.15, -0.1) is 0 Å². The summed E-state index contributed by atoms with van der Waals surface area (Å²) in [5, 5.41) is 19.3. The van der Waals surface area contributed by atoms with E-state index in [1.807, 2.05) is 0 Å². The number of carbonyl (C=O) groups is 2. The summed E-state index contributed by atoms with van der Waals surface area (Å²) in [6, 6.07) is 0. The molecular weight excluding hydrogens is 296 g/mol. The first-order chi connectivity index (χ1) is 7.54. The van der Waals surface area contributed by atoms with E-state index in [1.165, 1.54) is 12.2 Å². The molecule has 0 aromatic carbocycles.